The number of likely N-dealkylation sites (tertiary alicyclic amines) is 1. The number of amides is 2. The van der Waals surface area contributed by atoms with Crippen LogP contribution in [0.4, 0.5) is 5.69 Å². The SMILES string of the molecule is CCC1CCCCN1C(=O)c1nc(C(=O)Nc2ccccc2)n2ccccc12. The van der Waals surface area contributed by atoms with Gasteiger partial charge in [0.25, 0.3) is 11.8 Å². The second-order valence-electron chi connectivity index (χ2n) is 7.12. The number of aromatic nitrogens is 2. The topological polar surface area (TPSA) is 66.7 Å². The third-order valence-corrected chi connectivity index (χ3v) is 5.34. The summed E-state index contributed by atoms with van der Waals surface area (Å²) in [5, 5.41) is 2.85. The molecule has 0 spiro atoms. The molecule has 1 aliphatic heterocycles. The molecule has 3 aromatic rings. The normalized spacial score (nSPS) is 16.9. The molecule has 1 unspecified atom stereocenters. The van der Waals surface area contributed by atoms with E-state index in [-0.39, 0.29) is 23.7 Å². The Morgan fingerprint density at radius 3 is 2.68 bits per heavy atom. The number of nitrogens with one attached hydrogen (secondary N) is 1. The van der Waals surface area contributed by atoms with Crippen molar-refractivity contribution in [2.75, 3.05) is 11.9 Å². The van der Waals surface area contributed by atoms with Gasteiger partial charge in [-0.2, -0.15) is 0 Å². The number of carbonyl (C=O) groups excluding carboxylic acids is 2. The van der Waals surface area contributed by atoms with Crippen LogP contribution in [0.25, 0.3) is 5.52 Å². The first-order valence-electron chi connectivity index (χ1n) is 9.83. The summed E-state index contributed by atoms with van der Waals surface area (Å²) < 4.78 is 1.69. The average molecular weight is 376 g/mol. The molecule has 1 saturated heterocycles. The largest absolute Gasteiger partial charge is 0.334 e. The van der Waals surface area contributed by atoms with Crippen LogP contribution < -0.4 is 5.32 Å². The molecule has 2 amide bonds. The third kappa shape index (κ3) is 3.38. The maximum atomic E-state index is 13.3. The van der Waals surface area contributed by atoms with Crippen LogP contribution in [0.5, 0.6) is 0 Å². The van der Waals surface area contributed by atoms with Crippen LogP contribution >= 0.6 is 0 Å². The monoisotopic (exact) mass is 376 g/mol. The van der Waals surface area contributed by atoms with E-state index in [4.69, 9.17) is 0 Å². The van der Waals surface area contributed by atoms with E-state index in [0.717, 1.165) is 32.2 Å². The van der Waals surface area contributed by atoms with Crippen molar-refractivity contribution in [1.82, 2.24) is 14.3 Å². The van der Waals surface area contributed by atoms with Crippen molar-refractivity contribution in [3.63, 3.8) is 0 Å². The quantitative estimate of drug-likeness (QED) is 0.749. The lowest BCUT2D eigenvalue weighted by Crippen LogP contribution is -2.43. The van der Waals surface area contributed by atoms with Gasteiger partial charge in [0.15, 0.2) is 5.69 Å². The molecule has 0 saturated carbocycles. The Kier molecular flexibility index (Phi) is 5.10. The van der Waals surface area contributed by atoms with Gasteiger partial charge in [-0.15, -0.1) is 0 Å². The van der Waals surface area contributed by atoms with Gasteiger partial charge in [0.1, 0.15) is 0 Å². The summed E-state index contributed by atoms with van der Waals surface area (Å²) in [5.41, 5.74) is 1.69. The second kappa shape index (κ2) is 7.84. The van der Waals surface area contributed by atoms with Crippen molar-refractivity contribution in [2.45, 2.75) is 38.6 Å². The summed E-state index contributed by atoms with van der Waals surface area (Å²) in [6.45, 7) is 2.86. The van der Waals surface area contributed by atoms with E-state index in [2.05, 4.69) is 17.2 Å². The van der Waals surface area contributed by atoms with E-state index in [1.807, 2.05) is 53.4 Å². The summed E-state index contributed by atoms with van der Waals surface area (Å²) in [6.07, 6.45) is 5.88. The van der Waals surface area contributed by atoms with Crippen LogP contribution in [-0.4, -0.2) is 38.7 Å². The van der Waals surface area contributed by atoms with Gasteiger partial charge in [-0.05, 0) is 49.9 Å². The zero-order valence-corrected chi connectivity index (χ0v) is 16.0. The zero-order chi connectivity index (χ0) is 19.5. The highest BCUT2D eigenvalue weighted by Gasteiger charge is 2.30. The molecule has 4 rings (SSSR count). The molecule has 1 N–H and O–H groups in total. The molecular formula is C22H24N4O2. The number of anilines is 1. The molecule has 1 aliphatic rings. The number of imidazole rings is 1. The minimum Gasteiger partial charge on any atom is -0.334 e. The molecule has 0 radical (unpaired) electrons. The number of para-hydroxylation sites is 1. The highest BCUT2D eigenvalue weighted by atomic mass is 16.2. The van der Waals surface area contributed by atoms with Crippen LogP contribution in [0.2, 0.25) is 0 Å². The molecule has 1 atom stereocenters. The molecule has 1 aromatic carbocycles. The molecule has 2 aromatic heterocycles. The number of hydrogen-bond donors (Lipinski definition) is 1. The smallest absolute Gasteiger partial charge is 0.292 e. The van der Waals surface area contributed by atoms with E-state index >= 15 is 0 Å². The first-order chi connectivity index (χ1) is 13.7. The van der Waals surface area contributed by atoms with Crippen LogP contribution in [-0.2, 0) is 0 Å². The van der Waals surface area contributed by atoms with Crippen molar-refractivity contribution < 1.29 is 9.59 Å². The standard InChI is InChI=1S/C22H24N4O2/c1-2-17-12-6-8-14-25(17)22(28)19-18-13-7-9-15-26(18)20(24-19)21(27)23-16-10-4-3-5-11-16/h3-5,7,9-11,13,15,17H,2,6,8,12,14H2,1H3,(H,23,27). The van der Waals surface area contributed by atoms with Gasteiger partial charge >= 0.3 is 0 Å². The fourth-order valence-corrected chi connectivity index (χ4v) is 3.89. The minimum atomic E-state index is -0.336. The fraction of sp³-hybridized carbons (Fsp3) is 0.318. The third-order valence-electron chi connectivity index (χ3n) is 5.34. The number of carbonyl (C=O) groups is 2. The van der Waals surface area contributed by atoms with Crippen molar-refractivity contribution in [1.29, 1.82) is 0 Å². The predicted octanol–water partition coefficient (Wildman–Crippen LogP) is 3.99. The van der Waals surface area contributed by atoms with Gasteiger partial charge in [-0.1, -0.05) is 31.2 Å². The number of rotatable bonds is 4. The maximum Gasteiger partial charge on any atom is 0.292 e. The van der Waals surface area contributed by atoms with E-state index in [9.17, 15) is 9.59 Å². The Morgan fingerprint density at radius 1 is 1.11 bits per heavy atom. The lowest BCUT2D eigenvalue weighted by Gasteiger charge is -2.34. The number of fused-ring (bicyclic) bond motifs is 1. The molecule has 0 bridgehead atoms. The molecule has 28 heavy (non-hydrogen) atoms. The average Bonchev–Trinajstić information content (AvgIpc) is 3.14. The second-order valence-corrected chi connectivity index (χ2v) is 7.12. The van der Waals surface area contributed by atoms with Crippen molar-refractivity contribution in [3.05, 3.63) is 66.2 Å². The number of hydrogen-bond acceptors (Lipinski definition) is 3. The molecule has 6 heteroatoms. The summed E-state index contributed by atoms with van der Waals surface area (Å²) in [5.74, 6) is -0.209. The molecule has 3 heterocycles. The van der Waals surface area contributed by atoms with Crippen molar-refractivity contribution in [2.24, 2.45) is 0 Å². The zero-order valence-electron chi connectivity index (χ0n) is 16.0. The van der Waals surface area contributed by atoms with Gasteiger partial charge in [0.05, 0.1) is 5.52 Å². The lowest BCUT2D eigenvalue weighted by atomic mass is 9.99. The Bertz CT molecular complexity index is 996. The Balaban J connectivity index is 1.70. The molecular weight excluding hydrogens is 352 g/mol. The summed E-state index contributed by atoms with van der Waals surface area (Å²) in [6, 6.07) is 15.0. The first kappa shape index (κ1) is 18.2. The Labute approximate surface area is 164 Å². The Morgan fingerprint density at radius 2 is 1.89 bits per heavy atom. The number of nitrogens with zero attached hydrogens (tertiary/aromatic N) is 3. The fourth-order valence-electron chi connectivity index (χ4n) is 3.89. The highest BCUT2D eigenvalue weighted by Crippen LogP contribution is 2.24. The van der Waals surface area contributed by atoms with E-state index in [1.165, 1.54) is 0 Å². The van der Waals surface area contributed by atoms with Gasteiger partial charge in [-0.3, -0.25) is 14.0 Å². The van der Waals surface area contributed by atoms with Crippen LogP contribution in [0, 0.1) is 0 Å². The van der Waals surface area contributed by atoms with Crippen LogP contribution in [0.3, 0.4) is 0 Å². The van der Waals surface area contributed by atoms with Crippen LogP contribution in [0.1, 0.15) is 53.7 Å². The highest BCUT2D eigenvalue weighted by molar-refractivity contribution is 6.06. The lowest BCUT2D eigenvalue weighted by molar-refractivity contribution is 0.0604. The summed E-state index contributed by atoms with van der Waals surface area (Å²) in [4.78, 5) is 32.6. The molecule has 0 aliphatic carbocycles. The van der Waals surface area contributed by atoms with Gasteiger partial charge < -0.3 is 10.2 Å². The van der Waals surface area contributed by atoms with Crippen molar-refractivity contribution in [3.8, 4) is 0 Å². The number of piperidine rings is 1. The summed E-state index contributed by atoms with van der Waals surface area (Å²) in [7, 11) is 0. The minimum absolute atomic E-state index is 0.0889. The molecule has 6 nitrogen and oxygen atoms in total. The van der Waals surface area contributed by atoms with Gasteiger partial charge in [0, 0.05) is 24.5 Å². The van der Waals surface area contributed by atoms with Gasteiger partial charge in [-0.25, -0.2) is 4.98 Å². The number of pyridine rings is 1. The number of benzene rings is 1. The van der Waals surface area contributed by atoms with Crippen LogP contribution in [0.15, 0.2) is 54.7 Å². The van der Waals surface area contributed by atoms with E-state index in [0.29, 0.717) is 16.9 Å². The first-order valence-corrected chi connectivity index (χ1v) is 9.83. The van der Waals surface area contributed by atoms with E-state index in [1.54, 1.807) is 10.6 Å². The van der Waals surface area contributed by atoms with E-state index < -0.39 is 0 Å². The summed E-state index contributed by atoms with van der Waals surface area (Å²) >= 11 is 0. The maximum absolute atomic E-state index is 13.3. The molecule has 144 valence electrons. The van der Waals surface area contributed by atoms with Crippen molar-refractivity contribution >= 4 is 23.0 Å². The molecule has 1 fully saturated rings. The Hall–Kier alpha value is -3.15. The van der Waals surface area contributed by atoms with Gasteiger partial charge in [0.2, 0.25) is 5.82 Å². The predicted molar refractivity (Wildman–Crippen MR) is 109 cm³/mol.